The highest BCUT2D eigenvalue weighted by atomic mass is 35.5. The van der Waals surface area contributed by atoms with E-state index in [-0.39, 0.29) is 11.4 Å². The molecule has 2 aromatic rings. The van der Waals surface area contributed by atoms with Crippen molar-refractivity contribution in [2.75, 3.05) is 7.05 Å². The Morgan fingerprint density at radius 1 is 1.33 bits per heavy atom. The number of sulfonamides is 1. The average Bonchev–Trinajstić information content (AvgIpc) is 2.82. The summed E-state index contributed by atoms with van der Waals surface area (Å²) in [6.07, 6.45) is 1.33. The van der Waals surface area contributed by atoms with Crippen LogP contribution in [0.5, 0.6) is 0 Å². The number of halogens is 1. The Labute approximate surface area is 110 Å². The summed E-state index contributed by atoms with van der Waals surface area (Å²) in [7, 11) is -2.07. The van der Waals surface area contributed by atoms with Crippen LogP contribution in [0.2, 0.25) is 5.02 Å². The number of hydrogen-bond acceptors (Lipinski definition) is 4. The summed E-state index contributed by atoms with van der Waals surface area (Å²) in [5.41, 5.74) is 0. The Balaban J connectivity index is 2.22. The SMILES string of the molecule is CN(Cc1ncn[nH]1)S(=O)(=O)c1ccc(Cl)cc1. The molecule has 18 heavy (non-hydrogen) atoms. The van der Waals surface area contributed by atoms with Crippen LogP contribution >= 0.6 is 11.6 Å². The van der Waals surface area contributed by atoms with Crippen molar-refractivity contribution >= 4 is 21.6 Å². The lowest BCUT2D eigenvalue weighted by Gasteiger charge is -2.15. The second kappa shape index (κ2) is 5.05. The molecular formula is C10H11ClN4O2S. The maximum Gasteiger partial charge on any atom is 0.243 e. The molecule has 0 aliphatic carbocycles. The summed E-state index contributed by atoms with van der Waals surface area (Å²) >= 11 is 5.72. The van der Waals surface area contributed by atoms with E-state index < -0.39 is 10.0 Å². The minimum absolute atomic E-state index is 0.130. The van der Waals surface area contributed by atoms with Crippen LogP contribution in [0, 0.1) is 0 Å². The standard InChI is InChI=1S/C10H11ClN4O2S/c1-15(6-10-12-7-13-14-10)18(16,17)9-4-2-8(11)3-5-9/h2-5,7H,6H2,1H3,(H,12,13,14). The van der Waals surface area contributed by atoms with Gasteiger partial charge < -0.3 is 0 Å². The van der Waals surface area contributed by atoms with Crippen LogP contribution in [-0.2, 0) is 16.6 Å². The van der Waals surface area contributed by atoms with Crippen LogP contribution in [-0.4, -0.2) is 35.0 Å². The maximum absolute atomic E-state index is 12.2. The molecule has 0 saturated heterocycles. The minimum atomic E-state index is -3.54. The molecule has 0 aliphatic rings. The molecule has 0 fully saturated rings. The van der Waals surface area contributed by atoms with Gasteiger partial charge in [0.15, 0.2) is 0 Å². The molecule has 0 saturated carbocycles. The van der Waals surface area contributed by atoms with Gasteiger partial charge in [-0.15, -0.1) is 0 Å². The molecule has 8 heteroatoms. The van der Waals surface area contributed by atoms with Crippen molar-refractivity contribution in [1.29, 1.82) is 0 Å². The molecule has 0 amide bonds. The van der Waals surface area contributed by atoms with Gasteiger partial charge in [-0.1, -0.05) is 11.6 Å². The first kappa shape index (κ1) is 13.0. The first-order valence-electron chi connectivity index (χ1n) is 5.06. The number of aromatic nitrogens is 3. The van der Waals surface area contributed by atoms with Gasteiger partial charge in [-0.3, -0.25) is 5.10 Å². The van der Waals surface area contributed by atoms with Crippen LogP contribution in [0.25, 0.3) is 0 Å². The second-order valence-corrected chi connectivity index (χ2v) is 6.13. The molecule has 0 spiro atoms. The summed E-state index contributed by atoms with van der Waals surface area (Å²) in [6, 6.07) is 6.01. The number of H-pyrrole nitrogens is 1. The second-order valence-electron chi connectivity index (χ2n) is 3.65. The molecule has 0 bridgehead atoms. The largest absolute Gasteiger partial charge is 0.262 e. The van der Waals surface area contributed by atoms with Crippen LogP contribution < -0.4 is 0 Å². The van der Waals surface area contributed by atoms with Crippen LogP contribution in [0.1, 0.15) is 5.82 Å². The smallest absolute Gasteiger partial charge is 0.243 e. The molecule has 96 valence electrons. The molecule has 0 radical (unpaired) electrons. The lowest BCUT2D eigenvalue weighted by atomic mass is 10.4. The molecule has 0 unspecified atom stereocenters. The molecule has 1 heterocycles. The van der Waals surface area contributed by atoms with Gasteiger partial charge >= 0.3 is 0 Å². The van der Waals surface area contributed by atoms with Gasteiger partial charge in [-0.2, -0.15) is 9.40 Å². The van der Waals surface area contributed by atoms with Gasteiger partial charge in [0.25, 0.3) is 0 Å². The van der Waals surface area contributed by atoms with Crippen LogP contribution in [0.4, 0.5) is 0 Å². The summed E-state index contributed by atoms with van der Waals surface area (Å²) in [4.78, 5) is 4.07. The number of rotatable bonds is 4. The zero-order chi connectivity index (χ0) is 13.2. The van der Waals surface area contributed by atoms with Crippen molar-refractivity contribution in [3.05, 3.63) is 41.4 Å². The summed E-state index contributed by atoms with van der Waals surface area (Å²) < 4.78 is 25.6. The Kier molecular flexibility index (Phi) is 3.65. The van der Waals surface area contributed by atoms with Crippen molar-refractivity contribution < 1.29 is 8.42 Å². The van der Waals surface area contributed by atoms with Crippen molar-refractivity contribution in [2.24, 2.45) is 0 Å². The van der Waals surface area contributed by atoms with E-state index in [9.17, 15) is 8.42 Å². The van der Waals surface area contributed by atoms with Crippen LogP contribution in [0.3, 0.4) is 0 Å². The summed E-state index contributed by atoms with van der Waals surface area (Å²) in [5.74, 6) is 0.482. The third kappa shape index (κ3) is 2.69. The maximum atomic E-state index is 12.2. The van der Waals surface area contributed by atoms with Gasteiger partial charge in [0.2, 0.25) is 10.0 Å². The lowest BCUT2D eigenvalue weighted by molar-refractivity contribution is 0.457. The van der Waals surface area contributed by atoms with E-state index in [1.807, 2.05) is 0 Å². The third-order valence-electron chi connectivity index (χ3n) is 2.36. The van der Waals surface area contributed by atoms with E-state index in [1.165, 1.54) is 41.9 Å². The number of hydrogen-bond donors (Lipinski definition) is 1. The van der Waals surface area contributed by atoms with Crippen molar-refractivity contribution in [3.63, 3.8) is 0 Å². The Morgan fingerprint density at radius 3 is 2.56 bits per heavy atom. The molecule has 1 aromatic carbocycles. The summed E-state index contributed by atoms with van der Waals surface area (Å²) in [5, 5.41) is 6.77. The zero-order valence-corrected chi connectivity index (χ0v) is 11.1. The molecule has 6 nitrogen and oxygen atoms in total. The average molecular weight is 287 g/mol. The van der Waals surface area contributed by atoms with Crippen LogP contribution in [0.15, 0.2) is 35.5 Å². The van der Waals surface area contributed by atoms with E-state index in [1.54, 1.807) is 0 Å². The fourth-order valence-corrected chi connectivity index (χ4v) is 2.65. The third-order valence-corrected chi connectivity index (χ3v) is 4.43. The molecule has 0 atom stereocenters. The minimum Gasteiger partial charge on any atom is -0.262 e. The zero-order valence-electron chi connectivity index (χ0n) is 9.54. The topological polar surface area (TPSA) is 79.0 Å². The number of nitrogens with zero attached hydrogens (tertiary/aromatic N) is 3. The normalized spacial score (nSPS) is 11.9. The molecule has 0 aliphatic heterocycles. The van der Waals surface area contributed by atoms with E-state index >= 15 is 0 Å². The summed E-state index contributed by atoms with van der Waals surface area (Å²) in [6.45, 7) is 0.130. The Morgan fingerprint density at radius 2 is 2.00 bits per heavy atom. The van der Waals surface area contributed by atoms with E-state index in [0.717, 1.165) is 0 Å². The highest BCUT2D eigenvalue weighted by molar-refractivity contribution is 7.89. The predicted octanol–water partition coefficient (Wildman–Crippen LogP) is 1.28. The van der Waals surface area contributed by atoms with Crippen molar-refractivity contribution in [1.82, 2.24) is 19.5 Å². The first-order valence-corrected chi connectivity index (χ1v) is 6.88. The quantitative estimate of drug-likeness (QED) is 0.918. The van der Waals surface area contributed by atoms with Crippen molar-refractivity contribution in [3.8, 4) is 0 Å². The van der Waals surface area contributed by atoms with Gasteiger partial charge in [-0.05, 0) is 24.3 Å². The molecule has 1 aromatic heterocycles. The number of nitrogens with one attached hydrogen (secondary N) is 1. The van der Waals surface area contributed by atoms with E-state index in [0.29, 0.717) is 10.8 Å². The van der Waals surface area contributed by atoms with E-state index in [4.69, 9.17) is 11.6 Å². The van der Waals surface area contributed by atoms with Gasteiger partial charge in [0.1, 0.15) is 12.2 Å². The van der Waals surface area contributed by atoms with E-state index in [2.05, 4.69) is 15.2 Å². The lowest BCUT2D eigenvalue weighted by Crippen LogP contribution is -2.27. The first-order chi connectivity index (χ1) is 8.50. The van der Waals surface area contributed by atoms with Gasteiger partial charge in [-0.25, -0.2) is 13.4 Å². The molecule has 2 rings (SSSR count). The Hall–Kier alpha value is -1.44. The van der Waals surface area contributed by atoms with Crippen molar-refractivity contribution in [2.45, 2.75) is 11.4 Å². The monoisotopic (exact) mass is 286 g/mol. The van der Waals surface area contributed by atoms with Gasteiger partial charge in [0.05, 0.1) is 11.4 Å². The highest BCUT2D eigenvalue weighted by Gasteiger charge is 2.21. The highest BCUT2D eigenvalue weighted by Crippen LogP contribution is 2.18. The van der Waals surface area contributed by atoms with Gasteiger partial charge in [0, 0.05) is 12.1 Å². The number of benzene rings is 1. The number of aromatic amines is 1. The fraction of sp³-hybridized carbons (Fsp3) is 0.200. The molecular weight excluding hydrogens is 276 g/mol. The Bertz CT molecular complexity index is 610. The molecule has 1 N–H and O–H groups in total. The predicted molar refractivity (Wildman–Crippen MR) is 66.5 cm³/mol. The fourth-order valence-electron chi connectivity index (χ4n) is 1.39.